The third kappa shape index (κ3) is 7.47. The Hall–Kier alpha value is -9.56. The molecule has 0 saturated heterocycles. The maximum atomic E-state index is 2.48. The summed E-state index contributed by atoms with van der Waals surface area (Å²) in [6, 6.07) is 108. The predicted octanol–water partition coefficient (Wildman–Crippen LogP) is 20.3. The van der Waals surface area contributed by atoms with Crippen molar-refractivity contribution in [3.8, 4) is 66.8 Å². The van der Waals surface area contributed by atoms with Crippen LogP contribution in [0.3, 0.4) is 0 Å². The van der Waals surface area contributed by atoms with Gasteiger partial charge < -0.3 is 4.90 Å². The lowest BCUT2D eigenvalue weighted by Gasteiger charge is -2.31. The smallest absolute Gasteiger partial charge is 0.0540 e. The Morgan fingerprint density at radius 3 is 1.48 bits per heavy atom. The molecule has 1 atom stereocenters. The molecule has 352 valence electrons. The Balaban J connectivity index is 0.947. The van der Waals surface area contributed by atoms with Gasteiger partial charge in [-0.15, -0.1) is 0 Å². The molecule has 0 heterocycles. The molecule has 1 heteroatoms. The molecule has 1 nitrogen and oxygen atoms in total. The molecule has 0 fully saturated rings. The summed E-state index contributed by atoms with van der Waals surface area (Å²) in [4.78, 5) is 2.48. The maximum Gasteiger partial charge on any atom is 0.0540 e. The Kier molecular flexibility index (Phi) is 10.7. The van der Waals surface area contributed by atoms with E-state index < -0.39 is 0 Å². The van der Waals surface area contributed by atoms with Crippen LogP contribution in [0.4, 0.5) is 17.1 Å². The first-order chi connectivity index (χ1) is 37.1. The van der Waals surface area contributed by atoms with Crippen molar-refractivity contribution < 1.29 is 0 Å². The normalized spacial score (nSPS) is 13.7. The third-order valence-corrected chi connectivity index (χ3v) is 15.9. The molecule has 1 unspecified atom stereocenters. The van der Waals surface area contributed by atoms with E-state index in [1.54, 1.807) is 0 Å². The van der Waals surface area contributed by atoms with E-state index >= 15 is 0 Å². The van der Waals surface area contributed by atoms with E-state index in [2.05, 4.69) is 303 Å². The van der Waals surface area contributed by atoms with Crippen LogP contribution in [0.1, 0.15) is 23.6 Å². The number of hydrogen-bond acceptors (Lipinski definition) is 1. The highest BCUT2D eigenvalue weighted by Crippen LogP contribution is 2.55. The van der Waals surface area contributed by atoms with Crippen molar-refractivity contribution in [1.82, 2.24) is 0 Å². The standard InChI is InChI=1S/C74H51N/c1-74(59-25-9-4-10-26-59)69-31-17-15-29-65(69)66-46-44-61(49-70(66)74)75(60-42-39-52(40-43-60)51-33-35-53(36-34-51)57-38-37-50-19-11-12-24-56(50)47-57)71-32-18-16-27-62(71)58-41-45-64-63-28-13-14-30-67(63)72(54-20-5-2-6-21-54)73(68(64)48-58)55-22-7-3-8-23-55/h2-49H,1H3. The molecule has 0 spiro atoms. The van der Waals surface area contributed by atoms with Gasteiger partial charge >= 0.3 is 0 Å². The maximum absolute atomic E-state index is 2.48. The van der Waals surface area contributed by atoms with Crippen LogP contribution in [0.2, 0.25) is 0 Å². The zero-order valence-corrected chi connectivity index (χ0v) is 41.7. The molecular weight excluding hydrogens is 903 g/mol. The molecule has 0 N–H and O–H groups in total. The highest BCUT2D eigenvalue weighted by molar-refractivity contribution is 6.22. The molecule has 13 aromatic carbocycles. The van der Waals surface area contributed by atoms with E-state index in [0.29, 0.717) is 0 Å². The van der Waals surface area contributed by atoms with Crippen molar-refractivity contribution in [2.75, 3.05) is 4.90 Å². The Morgan fingerprint density at radius 2 is 0.760 bits per heavy atom. The first-order valence-corrected chi connectivity index (χ1v) is 26.1. The summed E-state index contributed by atoms with van der Waals surface area (Å²) in [6.45, 7) is 2.40. The lowest BCUT2D eigenvalue weighted by atomic mass is 9.74. The molecule has 1 aliphatic carbocycles. The molecule has 0 aromatic heterocycles. The summed E-state index contributed by atoms with van der Waals surface area (Å²) < 4.78 is 0. The van der Waals surface area contributed by atoms with Crippen LogP contribution >= 0.6 is 0 Å². The largest absolute Gasteiger partial charge is 0.310 e. The third-order valence-electron chi connectivity index (χ3n) is 15.9. The van der Waals surface area contributed by atoms with Crippen molar-refractivity contribution in [1.29, 1.82) is 0 Å². The molecule has 0 saturated carbocycles. The van der Waals surface area contributed by atoms with Crippen LogP contribution in [0, 0.1) is 0 Å². The monoisotopic (exact) mass is 953 g/mol. The number of para-hydroxylation sites is 1. The molecule has 1 aliphatic rings. The van der Waals surface area contributed by atoms with Gasteiger partial charge in [-0.25, -0.2) is 0 Å². The van der Waals surface area contributed by atoms with Crippen molar-refractivity contribution in [2.45, 2.75) is 12.3 Å². The van der Waals surface area contributed by atoms with Gasteiger partial charge in [0, 0.05) is 22.4 Å². The zero-order valence-electron chi connectivity index (χ0n) is 41.7. The summed E-state index contributed by atoms with van der Waals surface area (Å²) in [5.41, 5.74) is 21.4. The minimum absolute atomic E-state index is 0.358. The van der Waals surface area contributed by atoms with Gasteiger partial charge in [0.2, 0.25) is 0 Å². The van der Waals surface area contributed by atoms with Crippen LogP contribution in [-0.4, -0.2) is 0 Å². The number of anilines is 3. The predicted molar refractivity (Wildman–Crippen MR) is 318 cm³/mol. The van der Waals surface area contributed by atoms with Crippen molar-refractivity contribution in [3.63, 3.8) is 0 Å². The average molecular weight is 954 g/mol. The highest BCUT2D eigenvalue weighted by Gasteiger charge is 2.41. The number of fused-ring (bicyclic) bond motifs is 7. The molecule has 14 rings (SSSR count). The molecule has 0 amide bonds. The van der Waals surface area contributed by atoms with Gasteiger partial charge in [-0.1, -0.05) is 249 Å². The van der Waals surface area contributed by atoms with Crippen LogP contribution in [0.25, 0.3) is 99.1 Å². The summed E-state index contributed by atoms with van der Waals surface area (Å²) in [5.74, 6) is 0. The van der Waals surface area contributed by atoms with Crippen LogP contribution in [-0.2, 0) is 5.41 Å². The van der Waals surface area contributed by atoms with Gasteiger partial charge in [-0.05, 0) is 160 Å². The van der Waals surface area contributed by atoms with E-state index in [4.69, 9.17) is 0 Å². The van der Waals surface area contributed by atoms with E-state index in [-0.39, 0.29) is 5.41 Å². The Bertz CT molecular complexity index is 4270. The van der Waals surface area contributed by atoms with Gasteiger partial charge in [0.05, 0.1) is 5.69 Å². The molecule has 13 aromatic rings. The zero-order chi connectivity index (χ0) is 49.9. The van der Waals surface area contributed by atoms with Crippen molar-refractivity contribution >= 4 is 49.4 Å². The molecule has 0 radical (unpaired) electrons. The fraction of sp³-hybridized carbons (Fsp3) is 0.0270. The SMILES string of the molecule is CC1(c2ccccc2)c2ccccc2-c2ccc(N(c3ccc(-c4ccc(-c5ccc6ccccc6c5)cc4)cc3)c3ccccc3-c3ccc4c(c3)c(-c3ccccc3)c(-c3ccccc3)c3ccccc34)cc21. The van der Waals surface area contributed by atoms with E-state index in [9.17, 15) is 0 Å². The second kappa shape index (κ2) is 18.2. The fourth-order valence-electron chi connectivity index (χ4n) is 12.2. The van der Waals surface area contributed by atoms with Crippen molar-refractivity contribution in [3.05, 3.63) is 308 Å². The first kappa shape index (κ1) is 44.2. The summed E-state index contributed by atoms with van der Waals surface area (Å²) in [7, 11) is 0. The lowest BCUT2D eigenvalue weighted by molar-refractivity contribution is 0.714. The van der Waals surface area contributed by atoms with Gasteiger partial charge in [-0.2, -0.15) is 0 Å². The average Bonchev–Trinajstić information content (AvgIpc) is 3.78. The second-order valence-electron chi connectivity index (χ2n) is 20.1. The Labute approximate surface area is 438 Å². The van der Waals surface area contributed by atoms with Gasteiger partial charge in [0.15, 0.2) is 0 Å². The van der Waals surface area contributed by atoms with E-state index in [1.807, 2.05) is 0 Å². The summed E-state index contributed by atoms with van der Waals surface area (Å²) in [6.07, 6.45) is 0. The molecule has 75 heavy (non-hydrogen) atoms. The minimum Gasteiger partial charge on any atom is -0.310 e. The van der Waals surface area contributed by atoms with Crippen molar-refractivity contribution in [2.24, 2.45) is 0 Å². The number of rotatable bonds is 9. The molecule has 0 aliphatic heterocycles. The molecular formula is C74H51N. The number of nitrogens with zero attached hydrogens (tertiary/aromatic N) is 1. The highest BCUT2D eigenvalue weighted by atomic mass is 15.1. The van der Waals surface area contributed by atoms with Crippen LogP contribution in [0.5, 0.6) is 0 Å². The summed E-state index contributed by atoms with van der Waals surface area (Å²) >= 11 is 0. The number of benzene rings is 13. The van der Waals surface area contributed by atoms with Gasteiger partial charge in [0.1, 0.15) is 0 Å². The van der Waals surface area contributed by atoms with E-state index in [0.717, 1.165) is 28.2 Å². The van der Waals surface area contributed by atoms with Gasteiger partial charge in [0.25, 0.3) is 0 Å². The summed E-state index contributed by atoms with van der Waals surface area (Å²) in [5, 5.41) is 7.47. The first-order valence-electron chi connectivity index (χ1n) is 26.1. The quantitative estimate of drug-likeness (QED) is 0.130. The fourth-order valence-corrected chi connectivity index (χ4v) is 12.2. The second-order valence-corrected chi connectivity index (χ2v) is 20.1. The minimum atomic E-state index is -0.358. The Morgan fingerprint density at radius 1 is 0.267 bits per heavy atom. The van der Waals surface area contributed by atoms with Gasteiger partial charge in [-0.3, -0.25) is 0 Å². The van der Waals surface area contributed by atoms with Crippen LogP contribution in [0.15, 0.2) is 291 Å². The molecule has 0 bridgehead atoms. The number of hydrogen-bond donors (Lipinski definition) is 0. The van der Waals surface area contributed by atoms with Crippen LogP contribution < -0.4 is 4.90 Å². The lowest BCUT2D eigenvalue weighted by Crippen LogP contribution is -2.22. The topological polar surface area (TPSA) is 3.24 Å². The van der Waals surface area contributed by atoms with E-state index in [1.165, 1.54) is 105 Å².